The fourth-order valence-electron chi connectivity index (χ4n) is 2.62. The summed E-state index contributed by atoms with van der Waals surface area (Å²) in [5.74, 6) is 1.63. The molecule has 108 valence electrons. The largest absolute Gasteiger partial charge is 0.252 e. The van der Waals surface area contributed by atoms with Crippen molar-refractivity contribution in [2.45, 2.75) is 30.8 Å². The molecule has 0 radical (unpaired) electrons. The zero-order valence-electron chi connectivity index (χ0n) is 11.9. The van der Waals surface area contributed by atoms with Crippen LogP contribution in [0, 0.1) is 5.92 Å². The summed E-state index contributed by atoms with van der Waals surface area (Å²) in [4.78, 5) is 0. The van der Waals surface area contributed by atoms with E-state index in [-0.39, 0.29) is 5.37 Å². The minimum absolute atomic E-state index is 0.275. The van der Waals surface area contributed by atoms with E-state index in [9.17, 15) is 0 Å². The Morgan fingerprint density at radius 1 is 1.19 bits per heavy atom. The standard InChI is InChI=1S/C15H16N4S2/c1-10(2)8-12-16-17-15-18(12)19-13(21-15)9-20-14(19)11-6-4-3-5-7-11/h3-7,9-10,14H,8H2,1-2H3. The summed E-state index contributed by atoms with van der Waals surface area (Å²) < 4.78 is 2.20. The van der Waals surface area contributed by atoms with Crippen LogP contribution in [0.5, 0.6) is 0 Å². The van der Waals surface area contributed by atoms with Gasteiger partial charge in [-0.1, -0.05) is 55.9 Å². The second-order valence-electron chi connectivity index (χ2n) is 5.61. The summed E-state index contributed by atoms with van der Waals surface area (Å²) in [6, 6.07) is 10.6. The van der Waals surface area contributed by atoms with Crippen LogP contribution in [-0.2, 0) is 6.42 Å². The molecule has 1 aromatic carbocycles. The number of fused-ring (bicyclic) bond motifs is 3. The number of benzene rings is 1. The van der Waals surface area contributed by atoms with E-state index in [0.29, 0.717) is 5.92 Å². The number of hydrogen-bond acceptors (Lipinski definition) is 5. The molecule has 3 heterocycles. The molecular weight excluding hydrogens is 300 g/mol. The quantitative estimate of drug-likeness (QED) is 0.861. The normalized spacial score (nSPS) is 19.9. The minimum Gasteiger partial charge on any atom is -0.252 e. The summed E-state index contributed by atoms with van der Waals surface area (Å²) in [6.45, 7) is 4.43. The predicted molar refractivity (Wildman–Crippen MR) is 87.5 cm³/mol. The summed E-state index contributed by atoms with van der Waals surface area (Å²) >= 11 is 3.56. The predicted octanol–water partition coefficient (Wildman–Crippen LogP) is 3.76. The van der Waals surface area contributed by atoms with Crippen LogP contribution in [0.4, 0.5) is 0 Å². The van der Waals surface area contributed by atoms with Crippen LogP contribution < -0.4 is 5.01 Å². The SMILES string of the molecule is CC(C)Cc1nnc2n1N1C(=CSC1c1ccccc1)S2. The highest BCUT2D eigenvalue weighted by atomic mass is 32.2. The zero-order valence-corrected chi connectivity index (χ0v) is 13.6. The van der Waals surface area contributed by atoms with Crippen molar-refractivity contribution < 1.29 is 0 Å². The van der Waals surface area contributed by atoms with Gasteiger partial charge in [0.2, 0.25) is 5.16 Å². The fourth-order valence-corrected chi connectivity index (χ4v) is 4.87. The van der Waals surface area contributed by atoms with Gasteiger partial charge in [-0.3, -0.25) is 5.01 Å². The van der Waals surface area contributed by atoms with Gasteiger partial charge in [0.05, 0.1) is 0 Å². The molecule has 0 amide bonds. The van der Waals surface area contributed by atoms with Gasteiger partial charge in [-0.25, -0.2) is 4.68 Å². The third kappa shape index (κ3) is 2.17. The van der Waals surface area contributed by atoms with E-state index in [0.717, 1.165) is 17.4 Å². The Balaban J connectivity index is 1.74. The monoisotopic (exact) mass is 316 g/mol. The van der Waals surface area contributed by atoms with Crippen LogP contribution in [0.3, 0.4) is 0 Å². The molecule has 21 heavy (non-hydrogen) atoms. The number of rotatable bonds is 3. The van der Waals surface area contributed by atoms with E-state index < -0.39 is 0 Å². The molecule has 1 unspecified atom stereocenters. The highest BCUT2D eigenvalue weighted by Gasteiger charge is 2.39. The van der Waals surface area contributed by atoms with Crippen molar-refractivity contribution in [1.82, 2.24) is 14.9 Å². The third-order valence-corrected chi connectivity index (χ3v) is 5.70. The van der Waals surface area contributed by atoms with Gasteiger partial charge in [-0.15, -0.1) is 10.2 Å². The Morgan fingerprint density at radius 3 is 2.76 bits per heavy atom. The number of aromatic nitrogens is 3. The van der Waals surface area contributed by atoms with E-state index >= 15 is 0 Å². The molecule has 4 rings (SSSR count). The van der Waals surface area contributed by atoms with Gasteiger partial charge in [-0.2, -0.15) is 0 Å². The molecule has 6 heteroatoms. The Hall–Kier alpha value is -1.40. The van der Waals surface area contributed by atoms with Crippen molar-refractivity contribution in [3.63, 3.8) is 0 Å². The van der Waals surface area contributed by atoms with E-state index in [1.807, 2.05) is 11.8 Å². The lowest BCUT2D eigenvalue weighted by Gasteiger charge is -2.26. The molecule has 0 fully saturated rings. The summed E-state index contributed by atoms with van der Waals surface area (Å²) in [7, 11) is 0. The highest BCUT2D eigenvalue weighted by molar-refractivity contribution is 8.07. The minimum atomic E-state index is 0.275. The van der Waals surface area contributed by atoms with E-state index in [2.05, 4.69) is 69.5 Å². The first-order chi connectivity index (χ1) is 10.2. The Morgan fingerprint density at radius 2 is 2.00 bits per heavy atom. The fraction of sp³-hybridized carbons (Fsp3) is 0.333. The van der Waals surface area contributed by atoms with Crippen molar-refractivity contribution in [2.75, 3.05) is 5.01 Å². The number of hydrogen-bond donors (Lipinski definition) is 0. The summed E-state index contributed by atoms with van der Waals surface area (Å²) in [5.41, 5.74) is 1.31. The lowest BCUT2D eigenvalue weighted by molar-refractivity contribution is 0.552. The van der Waals surface area contributed by atoms with Gasteiger partial charge in [0.1, 0.15) is 10.4 Å². The first-order valence-corrected chi connectivity index (χ1v) is 8.82. The number of nitrogens with zero attached hydrogens (tertiary/aromatic N) is 4. The van der Waals surface area contributed by atoms with Crippen molar-refractivity contribution in [3.05, 3.63) is 52.2 Å². The molecule has 1 atom stereocenters. The topological polar surface area (TPSA) is 34.0 Å². The highest BCUT2D eigenvalue weighted by Crippen LogP contribution is 2.51. The van der Waals surface area contributed by atoms with Crippen LogP contribution in [0.25, 0.3) is 0 Å². The van der Waals surface area contributed by atoms with Gasteiger partial charge in [-0.05, 0) is 23.2 Å². The molecule has 0 bridgehead atoms. The Labute approximate surface area is 132 Å². The first kappa shape index (κ1) is 13.3. The maximum absolute atomic E-state index is 4.38. The van der Waals surface area contributed by atoms with Crippen molar-refractivity contribution >= 4 is 23.5 Å². The van der Waals surface area contributed by atoms with Crippen molar-refractivity contribution in [1.29, 1.82) is 0 Å². The molecule has 0 N–H and O–H groups in total. The molecular formula is C15H16N4S2. The molecule has 2 aromatic rings. The van der Waals surface area contributed by atoms with Crippen molar-refractivity contribution in [2.24, 2.45) is 5.92 Å². The van der Waals surface area contributed by atoms with E-state index in [4.69, 9.17) is 0 Å². The molecule has 0 saturated heterocycles. The molecule has 0 aliphatic carbocycles. The van der Waals surface area contributed by atoms with Gasteiger partial charge in [0.15, 0.2) is 5.82 Å². The van der Waals surface area contributed by atoms with E-state index in [1.165, 1.54) is 10.6 Å². The average molecular weight is 316 g/mol. The van der Waals surface area contributed by atoms with Crippen LogP contribution in [-0.4, -0.2) is 14.9 Å². The maximum Gasteiger partial charge on any atom is 0.216 e. The second kappa shape index (κ2) is 5.10. The Kier molecular flexibility index (Phi) is 3.23. The molecule has 1 aromatic heterocycles. The van der Waals surface area contributed by atoms with Gasteiger partial charge in [0, 0.05) is 11.8 Å². The van der Waals surface area contributed by atoms with Crippen LogP contribution in [0.2, 0.25) is 0 Å². The van der Waals surface area contributed by atoms with Crippen LogP contribution in [0.15, 0.2) is 45.9 Å². The molecule has 2 aliphatic rings. The van der Waals surface area contributed by atoms with Crippen molar-refractivity contribution in [3.8, 4) is 0 Å². The average Bonchev–Trinajstić information content (AvgIpc) is 3.11. The Bertz CT molecular complexity index is 693. The van der Waals surface area contributed by atoms with Gasteiger partial charge < -0.3 is 0 Å². The summed E-state index contributed by atoms with van der Waals surface area (Å²) in [5, 5.41) is 15.8. The lowest BCUT2D eigenvalue weighted by atomic mass is 10.1. The molecule has 0 saturated carbocycles. The third-order valence-electron chi connectivity index (χ3n) is 3.51. The molecule has 0 spiro atoms. The maximum atomic E-state index is 4.38. The smallest absolute Gasteiger partial charge is 0.216 e. The van der Waals surface area contributed by atoms with Gasteiger partial charge in [0.25, 0.3) is 0 Å². The lowest BCUT2D eigenvalue weighted by Crippen LogP contribution is -2.31. The summed E-state index contributed by atoms with van der Waals surface area (Å²) in [6.07, 6.45) is 0.948. The first-order valence-electron chi connectivity index (χ1n) is 7.06. The molecule has 4 nitrogen and oxygen atoms in total. The number of thioether (sulfide) groups is 2. The van der Waals surface area contributed by atoms with Crippen LogP contribution >= 0.6 is 23.5 Å². The zero-order chi connectivity index (χ0) is 14.4. The molecule has 2 aliphatic heterocycles. The second-order valence-corrected chi connectivity index (χ2v) is 7.55. The van der Waals surface area contributed by atoms with Crippen LogP contribution in [0.1, 0.15) is 30.6 Å². The van der Waals surface area contributed by atoms with E-state index in [1.54, 1.807) is 11.8 Å². The van der Waals surface area contributed by atoms with Gasteiger partial charge >= 0.3 is 0 Å².